The van der Waals surface area contributed by atoms with Crippen LogP contribution in [0.15, 0.2) is 73.1 Å². The fraction of sp³-hybridized carbons (Fsp3) is 0.280. The minimum atomic E-state index is -1.06. The Morgan fingerprint density at radius 2 is 1.94 bits per heavy atom. The highest BCUT2D eigenvalue weighted by Crippen LogP contribution is 2.27. The van der Waals surface area contributed by atoms with Gasteiger partial charge in [0.25, 0.3) is 5.91 Å². The van der Waals surface area contributed by atoms with Gasteiger partial charge in [0, 0.05) is 38.4 Å². The van der Waals surface area contributed by atoms with Gasteiger partial charge >= 0.3 is 0 Å². The van der Waals surface area contributed by atoms with Crippen LogP contribution < -0.4 is 10.5 Å². The van der Waals surface area contributed by atoms with Crippen molar-refractivity contribution in [3.63, 3.8) is 0 Å². The SMILES string of the molecule is COc1cccc(CN2CCO[C@@](Cc3cccc(-c4cccnc4)c3)(C(N)=O)C2)c1. The number of carbonyl (C=O) groups is 1. The number of primary amides is 1. The molecular weight excluding hydrogens is 390 g/mol. The van der Waals surface area contributed by atoms with Crippen molar-refractivity contribution in [3.8, 4) is 16.9 Å². The van der Waals surface area contributed by atoms with E-state index in [1.807, 2.05) is 54.7 Å². The Labute approximate surface area is 182 Å². The van der Waals surface area contributed by atoms with E-state index < -0.39 is 11.5 Å². The number of methoxy groups -OCH3 is 1. The predicted octanol–water partition coefficient (Wildman–Crippen LogP) is 3.06. The van der Waals surface area contributed by atoms with Crippen LogP contribution in [0.1, 0.15) is 11.1 Å². The number of morpholine rings is 1. The molecule has 0 bridgehead atoms. The molecule has 2 N–H and O–H groups in total. The van der Waals surface area contributed by atoms with E-state index in [-0.39, 0.29) is 0 Å². The van der Waals surface area contributed by atoms with Gasteiger partial charge in [0.15, 0.2) is 5.60 Å². The van der Waals surface area contributed by atoms with Crippen LogP contribution >= 0.6 is 0 Å². The van der Waals surface area contributed by atoms with Crippen LogP contribution in [0, 0.1) is 0 Å². The highest BCUT2D eigenvalue weighted by molar-refractivity contribution is 5.84. The van der Waals surface area contributed by atoms with Gasteiger partial charge in [0.2, 0.25) is 0 Å². The highest BCUT2D eigenvalue weighted by Gasteiger charge is 2.42. The fourth-order valence-corrected chi connectivity index (χ4v) is 4.09. The van der Waals surface area contributed by atoms with Crippen molar-refractivity contribution in [2.24, 2.45) is 5.73 Å². The summed E-state index contributed by atoms with van der Waals surface area (Å²) in [4.78, 5) is 19.0. The van der Waals surface area contributed by atoms with Crippen LogP contribution in [0.2, 0.25) is 0 Å². The second-order valence-corrected chi connectivity index (χ2v) is 7.89. The molecule has 1 aliphatic heterocycles. The average Bonchev–Trinajstić information content (AvgIpc) is 2.80. The van der Waals surface area contributed by atoms with Crippen molar-refractivity contribution >= 4 is 5.91 Å². The van der Waals surface area contributed by atoms with Gasteiger partial charge in [0.05, 0.1) is 13.7 Å². The topological polar surface area (TPSA) is 77.7 Å². The Morgan fingerprint density at radius 1 is 1.13 bits per heavy atom. The molecule has 0 saturated carbocycles. The number of pyridine rings is 1. The number of nitrogens with two attached hydrogens (primary N) is 1. The molecule has 1 aliphatic rings. The van der Waals surface area contributed by atoms with Gasteiger partial charge in [-0.15, -0.1) is 0 Å². The number of benzene rings is 2. The molecule has 1 aromatic heterocycles. The van der Waals surface area contributed by atoms with Crippen LogP contribution in [0.25, 0.3) is 11.1 Å². The molecule has 0 radical (unpaired) electrons. The van der Waals surface area contributed by atoms with Gasteiger partial charge in [0.1, 0.15) is 5.75 Å². The summed E-state index contributed by atoms with van der Waals surface area (Å²) in [6, 6.07) is 20.0. The number of amides is 1. The lowest BCUT2D eigenvalue weighted by Crippen LogP contribution is -2.59. The molecule has 0 spiro atoms. The lowest BCUT2D eigenvalue weighted by atomic mass is 9.90. The van der Waals surface area contributed by atoms with E-state index >= 15 is 0 Å². The van der Waals surface area contributed by atoms with Gasteiger partial charge in [-0.3, -0.25) is 14.7 Å². The van der Waals surface area contributed by atoms with Crippen molar-refractivity contribution in [3.05, 3.63) is 84.2 Å². The third-order valence-corrected chi connectivity index (χ3v) is 5.67. The van der Waals surface area contributed by atoms with Crippen molar-refractivity contribution in [2.45, 2.75) is 18.6 Å². The second-order valence-electron chi connectivity index (χ2n) is 7.89. The van der Waals surface area contributed by atoms with Crippen LogP contribution in [0.3, 0.4) is 0 Å². The second kappa shape index (κ2) is 9.29. The Morgan fingerprint density at radius 3 is 2.71 bits per heavy atom. The minimum Gasteiger partial charge on any atom is -0.497 e. The van der Waals surface area contributed by atoms with Crippen LogP contribution in [0.5, 0.6) is 5.75 Å². The summed E-state index contributed by atoms with van der Waals surface area (Å²) in [5.41, 5.74) is 9.02. The molecule has 1 atom stereocenters. The summed E-state index contributed by atoms with van der Waals surface area (Å²) >= 11 is 0. The zero-order chi connectivity index (χ0) is 21.7. The van der Waals surface area contributed by atoms with Gasteiger partial charge in [-0.25, -0.2) is 0 Å². The van der Waals surface area contributed by atoms with E-state index in [1.54, 1.807) is 13.3 Å². The van der Waals surface area contributed by atoms with Gasteiger partial charge < -0.3 is 15.2 Å². The quantitative estimate of drug-likeness (QED) is 0.639. The number of hydrogen-bond acceptors (Lipinski definition) is 5. The number of hydrogen-bond donors (Lipinski definition) is 1. The first-order valence-electron chi connectivity index (χ1n) is 10.4. The van der Waals surface area contributed by atoms with Crippen molar-refractivity contribution in [1.29, 1.82) is 0 Å². The third-order valence-electron chi connectivity index (χ3n) is 5.67. The lowest BCUT2D eigenvalue weighted by molar-refractivity contribution is -0.157. The first kappa shape index (κ1) is 21.0. The first-order valence-corrected chi connectivity index (χ1v) is 10.4. The van der Waals surface area contributed by atoms with Gasteiger partial charge in [-0.1, -0.05) is 42.5 Å². The lowest BCUT2D eigenvalue weighted by Gasteiger charge is -2.41. The molecule has 0 aliphatic carbocycles. The van der Waals surface area contributed by atoms with E-state index in [0.29, 0.717) is 26.1 Å². The summed E-state index contributed by atoms with van der Waals surface area (Å²) < 4.78 is 11.4. The zero-order valence-corrected chi connectivity index (χ0v) is 17.7. The van der Waals surface area contributed by atoms with E-state index in [4.69, 9.17) is 15.2 Å². The zero-order valence-electron chi connectivity index (χ0n) is 17.7. The van der Waals surface area contributed by atoms with Gasteiger partial charge in [-0.2, -0.15) is 0 Å². The highest BCUT2D eigenvalue weighted by atomic mass is 16.5. The molecule has 1 saturated heterocycles. The molecule has 3 aromatic rings. The summed E-state index contributed by atoms with van der Waals surface area (Å²) in [7, 11) is 1.66. The number of carbonyl (C=O) groups excluding carboxylic acids is 1. The monoisotopic (exact) mass is 417 g/mol. The number of rotatable bonds is 7. The normalized spacial score (nSPS) is 19.1. The third kappa shape index (κ3) is 4.93. The Hall–Kier alpha value is -3.22. The first-order chi connectivity index (χ1) is 15.1. The molecule has 31 heavy (non-hydrogen) atoms. The molecule has 0 unspecified atom stereocenters. The average molecular weight is 418 g/mol. The minimum absolute atomic E-state index is 0.422. The molecule has 4 rings (SSSR count). The van der Waals surface area contributed by atoms with Gasteiger partial charge in [-0.05, 0) is 40.5 Å². The molecule has 2 aromatic carbocycles. The van der Waals surface area contributed by atoms with Crippen LogP contribution in [-0.2, 0) is 22.5 Å². The van der Waals surface area contributed by atoms with Crippen molar-refractivity contribution in [2.75, 3.05) is 26.8 Å². The van der Waals surface area contributed by atoms with Crippen LogP contribution in [0.4, 0.5) is 0 Å². The standard InChI is InChI=1S/C25H27N3O3/c1-30-23-9-3-6-20(14-23)17-28-11-12-31-25(18-28,24(26)29)15-19-5-2-7-21(13-19)22-8-4-10-27-16-22/h2-10,13-14,16H,11-12,15,17-18H2,1H3,(H2,26,29)/t25-/m1/s1. The molecule has 1 amide bonds. The largest absolute Gasteiger partial charge is 0.497 e. The molecule has 2 heterocycles. The predicted molar refractivity (Wildman–Crippen MR) is 120 cm³/mol. The number of ether oxygens (including phenoxy) is 2. The summed E-state index contributed by atoms with van der Waals surface area (Å²) in [5.74, 6) is 0.383. The Kier molecular flexibility index (Phi) is 6.30. The summed E-state index contributed by atoms with van der Waals surface area (Å²) in [6.45, 7) is 2.33. The maximum Gasteiger partial charge on any atom is 0.251 e. The fourth-order valence-electron chi connectivity index (χ4n) is 4.09. The molecular formula is C25H27N3O3. The number of nitrogens with zero attached hydrogens (tertiary/aromatic N) is 2. The van der Waals surface area contributed by atoms with E-state index in [2.05, 4.69) is 22.0 Å². The maximum absolute atomic E-state index is 12.6. The Balaban J connectivity index is 1.54. The maximum atomic E-state index is 12.6. The van der Waals surface area contributed by atoms with E-state index in [1.165, 1.54) is 0 Å². The molecule has 6 heteroatoms. The Bertz CT molecular complexity index is 1040. The van der Waals surface area contributed by atoms with E-state index in [0.717, 1.165) is 34.5 Å². The van der Waals surface area contributed by atoms with Crippen LogP contribution in [-0.4, -0.2) is 48.2 Å². The number of aromatic nitrogens is 1. The summed E-state index contributed by atoms with van der Waals surface area (Å²) in [5, 5.41) is 0. The van der Waals surface area contributed by atoms with E-state index in [9.17, 15) is 4.79 Å². The van der Waals surface area contributed by atoms with Crippen molar-refractivity contribution < 1.29 is 14.3 Å². The smallest absolute Gasteiger partial charge is 0.251 e. The van der Waals surface area contributed by atoms with Crippen molar-refractivity contribution in [1.82, 2.24) is 9.88 Å². The molecule has 6 nitrogen and oxygen atoms in total. The molecule has 160 valence electrons. The summed E-state index contributed by atoms with van der Waals surface area (Å²) in [6.07, 6.45) is 4.00. The molecule has 1 fully saturated rings.